The second kappa shape index (κ2) is 5.00. The van der Waals surface area contributed by atoms with E-state index in [4.69, 9.17) is 4.74 Å². The van der Waals surface area contributed by atoms with Gasteiger partial charge in [0.15, 0.2) is 17.3 Å². The van der Waals surface area contributed by atoms with Crippen LogP contribution in [0.15, 0.2) is 30.7 Å². The van der Waals surface area contributed by atoms with Gasteiger partial charge in [-0.3, -0.25) is 4.79 Å². The van der Waals surface area contributed by atoms with Gasteiger partial charge < -0.3 is 9.30 Å². The number of methoxy groups -OCH3 is 1. The van der Waals surface area contributed by atoms with Gasteiger partial charge in [0.05, 0.1) is 13.4 Å². The highest BCUT2D eigenvalue weighted by molar-refractivity contribution is 5.95. The molecule has 0 saturated heterocycles. The first kappa shape index (κ1) is 12.3. The van der Waals surface area contributed by atoms with Crippen molar-refractivity contribution in [3.8, 4) is 5.75 Å². The van der Waals surface area contributed by atoms with Crippen LogP contribution in [0, 0.1) is 5.82 Å². The number of nitrogens with zero attached hydrogens (tertiary/aromatic N) is 2. The highest BCUT2D eigenvalue weighted by Gasteiger charge is 2.11. The third-order valence-electron chi connectivity index (χ3n) is 2.57. The minimum Gasteiger partial charge on any atom is -0.494 e. The zero-order valence-electron chi connectivity index (χ0n) is 10.2. The third-order valence-corrected chi connectivity index (χ3v) is 2.57. The van der Waals surface area contributed by atoms with Crippen molar-refractivity contribution in [1.82, 2.24) is 9.55 Å². The summed E-state index contributed by atoms with van der Waals surface area (Å²) in [5, 5.41) is 0. The van der Waals surface area contributed by atoms with Crippen LogP contribution in [0.2, 0.25) is 0 Å². The Labute approximate surface area is 104 Å². The summed E-state index contributed by atoms with van der Waals surface area (Å²) < 4.78 is 20.0. The number of Topliss-reactive ketones (excluding diaryl/α,β-unsaturated/α-hetero) is 1. The van der Waals surface area contributed by atoms with E-state index >= 15 is 0 Å². The predicted molar refractivity (Wildman–Crippen MR) is 64.2 cm³/mol. The quantitative estimate of drug-likeness (QED) is 0.777. The Hall–Kier alpha value is -2.17. The molecule has 0 fully saturated rings. The molecular weight excluding hydrogens is 235 g/mol. The van der Waals surface area contributed by atoms with Crippen LogP contribution in [0.3, 0.4) is 0 Å². The fourth-order valence-corrected chi connectivity index (χ4v) is 1.65. The number of hydrogen-bond acceptors (Lipinski definition) is 3. The molecule has 1 aromatic heterocycles. The molecule has 0 saturated carbocycles. The topological polar surface area (TPSA) is 44.1 Å². The molecule has 0 aliphatic rings. The summed E-state index contributed by atoms with van der Waals surface area (Å²) in [6.45, 7) is 0. The van der Waals surface area contributed by atoms with Crippen molar-refractivity contribution in [1.29, 1.82) is 0 Å². The van der Waals surface area contributed by atoms with E-state index in [1.165, 1.54) is 19.2 Å². The number of ether oxygens (including phenoxy) is 1. The summed E-state index contributed by atoms with van der Waals surface area (Å²) in [5.74, 6) is -0.437. The summed E-state index contributed by atoms with van der Waals surface area (Å²) >= 11 is 0. The number of hydrogen-bond donors (Lipinski definition) is 0. The van der Waals surface area contributed by atoms with Gasteiger partial charge in [-0.05, 0) is 17.7 Å². The Kier molecular flexibility index (Phi) is 3.41. The number of rotatable bonds is 4. The van der Waals surface area contributed by atoms with Gasteiger partial charge in [0.25, 0.3) is 0 Å². The number of carbonyl (C=O) groups is 1. The summed E-state index contributed by atoms with van der Waals surface area (Å²) in [6, 6.07) is 4.48. The number of ketones is 1. The predicted octanol–water partition coefficient (Wildman–Crippen LogP) is 1.99. The van der Waals surface area contributed by atoms with Crippen LogP contribution in [0.4, 0.5) is 4.39 Å². The van der Waals surface area contributed by atoms with E-state index in [-0.39, 0.29) is 18.0 Å². The smallest absolute Gasteiger partial charge is 0.187 e. The summed E-state index contributed by atoms with van der Waals surface area (Å²) in [5.41, 5.74) is 0.984. The average Bonchev–Trinajstić information content (AvgIpc) is 2.76. The Morgan fingerprint density at radius 3 is 2.83 bits per heavy atom. The van der Waals surface area contributed by atoms with Gasteiger partial charge in [-0.15, -0.1) is 0 Å². The molecule has 0 radical (unpaired) electrons. The third kappa shape index (κ3) is 2.56. The second-order valence-corrected chi connectivity index (χ2v) is 3.99. The summed E-state index contributed by atoms with van der Waals surface area (Å²) in [7, 11) is 3.19. The van der Waals surface area contributed by atoms with Gasteiger partial charge in [0.1, 0.15) is 5.69 Å². The van der Waals surface area contributed by atoms with Crippen LogP contribution in [-0.2, 0) is 13.5 Å². The lowest BCUT2D eigenvalue weighted by Gasteiger charge is -2.04. The van der Waals surface area contributed by atoms with E-state index in [2.05, 4.69) is 4.98 Å². The monoisotopic (exact) mass is 248 g/mol. The molecule has 4 nitrogen and oxygen atoms in total. The Bertz CT molecular complexity index is 578. The van der Waals surface area contributed by atoms with E-state index in [1.807, 2.05) is 0 Å². The number of benzene rings is 1. The first-order chi connectivity index (χ1) is 8.60. The van der Waals surface area contributed by atoms with E-state index in [0.717, 1.165) is 0 Å². The fraction of sp³-hybridized carbons (Fsp3) is 0.231. The maximum atomic E-state index is 13.5. The molecule has 18 heavy (non-hydrogen) atoms. The van der Waals surface area contributed by atoms with Crippen molar-refractivity contribution in [3.63, 3.8) is 0 Å². The van der Waals surface area contributed by atoms with Crippen molar-refractivity contribution in [2.45, 2.75) is 6.42 Å². The Morgan fingerprint density at radius 2 is 2.28 bits per heavy atom. The summed E-state index contributed by atoms with van der Waals surface area (Å²) in [4.78, 5) is 15.8. The molecule has 0 aliphatic carbocycles. The second-order valence-electron chi connectivity index (χ2n) is 3.99. The zero-order valence-corrected chi connectivity index (χ0v) is 10.2. The molecule has 1 heterocycles. The number of aromatic nitrogens is 2. The number of carbonyl (C=O) groups excluding carboxylic acids is 1. The maximum absolute atomic E-state index is 13.5. The highest BCUT2D eigenvalue weighted by Crippen LogP contribution is 2.18. The van der Waals surface area contributed by atoms with Crippen molar-refractivity contribution in [2.75, 3.05) is 7.11 Å². The van der Waals surface area contributed by atoms with Crippen LogP contribution in [0.5, 0.6) is 5.75 Å². The standard InChI is InChI=1S/C13H13FN2O2/c1-16-7-11(15-8-16)12(17)6-9-3-4-13(18-2)10(14)5-9/h3-5,7-8H,6H2,1-2H3. The number of aryl methyl sites for hydroxylation is 1. The van der Waals surface area contributed by atoms with Gasteiger partial charge >= 0.3 is 0 Å². The molecule has 0 amide bonds. The molecule has 0 N–H and O–H groups in total. The van der Waals surface area contributed by atoms with Gasteiger partial charge in [-0.1, -0.05) is 6.07 Å². The SMILES string of the molecule is COc1ccc(CC(=O)c2cn(C)cn2)cc1F. The lowest BCUT2D eigenvalue weighted by molar-refractivity contribution is 0.0988. The van der Waals surface area contributed by atoms with E-state index in [1.54, 1.807) is 30.2 Å². The molecule has 1 aromatic carbocycles. The Morgan fingerprint density at radius 1 is 1.50 bits per heavy atom. The van der Waals surface area contributed by atoms with Crippen LogP contribution in [-0.4, -0.2) is 22.4 Å². The molecule has 94 valence electrons. The van der Waals surface area contributed by atoms with Crippen LogP contribution in [0.25, 0.3) is 0 Å². The van der Waals surface area contributed by atoms with Crippen molar-refractivity contribution in [2.24, 2.45) is 7.05 Å². The van der Waals surface area contributed by atoms with E-state index in [0.29, 0.717) is 11.3 Å². The van der Waals surface area contributed by atoms with E-state index < -0.39 is 5.82 Å². The first-order valence-electron chi connectivity index (χ1n) is 5.43. The molecular formula is C13H13FN2O2. The molecule has 0 spiro atoms. The molecule has 0 bridgehead atoms. The molecule has 0 atom stereocenters. The number of halogens is 1. The zero-order chi connectivity index (χ0) is 13.1. The van der Waals surface area contributed by atoms with Gasteiger partial charge in [0.2, 0.25) is 0 Å². The minimum absolute atomic E-state index is 0.123. The van der Waals surface area contributed by atoms with Crippen LogP contribution >= 0.6 is 0 Å². The normalized spacial score (nSPS) is 10.4. The van der Waals surface area contributed by atoms with Gasteiger partial charge in [-0.25, -0.2) is 9.37 Å². The molecule has 0 aliphatic heterocycles. The molecule has 5 heteroatoms. The lowest BCUT2D eigenvalue weighted by Crippen LogP contribution is -2.04. The molecule has 0 unspecified atom stereocenters. The molecule has 2 aromatic rings. The van der Waals surface area contributed by atoms with Crippen LogP contribution in [0.1, 0.15) is 16.1 Å². The highest BCUT2D eigenvalue weighted by atomic mass is 19.1. The maximum Gasteiger partial charge on any atom is 0.187 e. The van der Waals surface area contributed by atoms with E-state index in [9.17, 15) is 9.18 Å². The fourth-order valence-electron chi connectivity index (χ4n) is 1.65. The largest absolute Gasteiger partial charge is 0.494 e. The average molecular weight is 248 g/mol. The lowest BCUT2D eigenvalue weighted by atomic mass is 10.1. The van der Waals surface area contributed by atoms with Gasteiger partial charge in [-0.2, -0.15) is 0 Å². The Balaban J connectivity index is 2.14. The van der Waals surface area contributed by atoms with Crippen molar-refractivity contribution < 1.29 is 13.9 Å². The van der Waals surface area contributed by atoms with Crippen molar-refractivity contribution in [3.05, 3.63) is 47.8 Å². The summed E-state index contributed by atoms with van der Waals surface area (Å²) in [6.07, 6.45) is 3.32. The first-order valence-corrected chi connectivity index (χ1v) is 5.43. The van der Waals surface area contributed by atoms with Gasteiger partial charge in [0, 0.05) is 19.7 Å². The number of imidazole rings is 1. The minimum atomic E-state index is -0.469. The molecule has 2 rings (SSSR count). The van der Waals surface area contributed by atoms with Crippen molar-refractivity contribution >= 4 is 5.78 Å². The van der Waals surface area contributed by atoms with Crippen LogP contribution < -0.4 is 4.74 Å².